The van der Waals surface area contributed by atoms with Gasteiger partial charge in [-0.3, -0.25) is 14.9 Å². The summed E-state index contributed by atoms with van der Waals surface area (Å²) in [6.45, 7) is 4.87. The second-order valence-electron chi connectivity index (χ2n) is 8.87. The Morgan fingerprint density at radius 2 is 1.80 bits per heavy atom. The Kier molecular flexibility index (Phi) is 9.12. The molecule has 1 saturated heterocycles. The summed E-state index contributed by atoms with van der Waals surface area (Å²) in [5, 5.41) is 6.34. The number of carbonyl (C=O) groups excluding carboxylic acids is 3. The van der Waals surface area contributed by atoms with E-state index in [1.54, 1.807) is 11.0 Å². The molecule has 35 heavy (non-hydrogen) atoms. The highest BCUT2D eigenvalue weighted by Crippen LogP contribution is 2.33. The minimum atomic E-state index is -0.949. The number of aryl methyl sites for hydroxylation is 2. The normalized spacial score (nSPS) is 14.8. The molecule has 0 aliphatic carbocycles. The summed E-state index contributed by atoms with van der Waals surface area (Å²) < 4.78 is 5.52. The quantitative estimate of drug-likeness (QED) is 0.512. The number of nitrogens with one attached hydrogen (secondary N) is 2. The highest BCUT2D eigenvalue weighted by atomic mass is 35.5. The first-order valence-electron chi connectivity index (χ1n) is 11.8. The van der Waals surface area contributed by atoms with Crippen molar-refractivity contribution < 1.29 is 19.1 Å². The Labute approximate surface area is 211 Å². The number of nitrogens with zero attached hydrogens (tertiary/aromatic N) is 1. The van der Waals surface area contributed by atoms with Crippen molar-refractivity contribution in [3.63, 3.8) is 0 Å². The van der Waals surface area contributed by atoms with Gasteiger partial charge in [0, 0.05) is 30.3 Å². The zero-order valence-electron chi connectivity index (χ0n) is 20.2. The van der Waals surface area contributed by atoms with Crippen LogP contribution in [0.2, 0.25) is 5.02 Å². The highest BCUT2D eigenvalue weighted by molar-refractivity contribution is 6.30. The predicted molar refractivity (Wildman–Crippen MR) is 136 cm³/mol. The Hall–Kier alpha value is -3.10. The number of halogens is 1. The van der Waals surface area contributed by atoms with E-state index in [-0.39, 0.29) is 25.0 Å². The molecular formula is C26H33ClN4O4. The van der Waals surface area contributed by atoms with Crippen LogP contribution in [0, 0.1) is 12.3 Å². The van der Waals surface area contributed by atoms with Gasteiger partial charge < -0.3 is 20.7 Å². The fourth-order valence-corrected chi connectivity index (χ4v) is 4.38. The lowest BCUT2D eigenvalue weighted by molar-refractivity contribution is -0.142. The fraction of sp³-hybridized carbons (Fsp3) is 0.423. The number of ether oxygens (including phenoxy) is 1. The van der Waals surface area contributed by atoms with Crippen LogP contribution < -0.4 is 16.4 Å². The number of hydrogen-bond acceptors (Lipinski definition) is 5. The Morgan fingerprint density at radius 1 is 1.11 bits per heavy atom. The third-order valence-corrected chi connectivity index (χ3v) is 6.80. The summed E-state index contributed by atoms with van der Waals surface area (Å²) in [4.78, 5) is 39.5. The maximum absolute atomic E-state index is 13.4. The minimum Gasteiger partial charge on any atom is -0.448 e. The van der Waals surface area contributed by atoms with Crippen molar-refractivity contribution in [2.75, 3.05) is 31.6 Å². The lowest BCUT2D eigenvalue weighted by Gasteiger charge is -2.40. The van der Waals surface area contributed by atoms with Gasteiger partial charge in [-0.15, -0.1) is 0 Å². The van der Waals surface area contributed by atoms with Gasteiger partial charge in [0.05, 0.1) is 12.0 Å². The van der Waals surface area contributed by atoms with E-state index in [2.05, 4.69) is 17.6 Å². The van der Waals surface area contributed by atoms with E-state index in [0.29, 0.717) is 43.2 Å². The van der Waals surface area contributed by atoms with Crippen molar-refractivity contribution in [1.82, 2.24) is 10.2 Å². The van der Waals surface area contributed by atoms with E-state index in [1.807, 2.05) is 43.3 Å². The molecule has 3 amide bonds. The van der Waals surface area contributed by atoms with Crippen molar-refractivity contribution >= 4 is 35.2 Å². The van der Waals surface area contributed by atoms with Crippen LogP contribution in [0.1, 0.15) is 36.5 Å². The smallest absolute Gasteiger partial charge is 0.411 e. The number of piperidine rings is 1. The number of benzene rings is 2. The molecule has 0 saturated carbocycles. The number of nitrogens with two attached hydrogens (primary N) is 1. The molecule has 4 N–H and O–H groups in total. The number of amides is 3. The van der Waals surface area contributed by atoms with Crippen LogP contribution in [0.5, 0.6) is 0 Å². The molecule has 1 heterocycles. The molecule has 2 aromatic carbocycles. The minimum absolute atomic E-state index is 0.0786. The topological polar surface area (TPSA) is 114 Å². The molecule has 1 aliphatic heterocycles. The number of hydrogen-bond donors (Lipinski definition) is 3. The molecule has 8 nitrogen and oxygen atoms in total. The zero-order valence-corrected chi connectivity index (χ0v) is 21.0. The van der Waals surface area contributed by atoms with Gasteiger partial charge in [-0.05, 0) is 67.1 Å². The third-order valence-electron chi connectivity index (χ3n) is 6.56. The molecular weight excluding hydrogens is 468 g/mol. The molecule has 0 atom stereocenters. The van der Waals surface area contributed by atoms with E-state index < -0.39 is 11.5 Å². The van der Waals surface area contributed by atoms with E-state index >= 15 is 0 Å². The molecule has 0 unspecified atom stereocenters. The summed E-state index contributed by atoms with van der Waals surface area (Å²) in [6, 6.07) is 13.0. The van der Waals surface area contributed by atoms with Crippen molar-refractivity contribution in [1.29, 1.82) is 0 Å². The molecule has 0 radical (unpaired) electrons. The van der Waals surface area contributed by atoms with Crippen LogP contribution in [0.4, 0.5) is 10.5 Å². The van der Waals surface area contributed by atoms with Gasteiger partial charge in [-0.2, -0.15) is 0 Å². The number of likely N-dealkylation sites (tertiary alicyclic amines) is 1. The second-order valence-corrected chi connectivity index (χ2v) is 9.31. The molecule has 2 aromatic rings. The summed E-state index contributed by atoms with van der Waals surface area (Å²) in [5.41, 5.74) is 8.25. The van der Waals surface area contributed by atoms with E-state index in [1.165, 1.54) is 0 Å². The van der Waals surface area contributed by atoms with Crippen molar-refractivity contribution in [3.05, 3.63) is 64.2 Å². The first kappa shape index (κ1) is 26.5. The first-order valence-corrected chi connectivity index (χ1v) is 12.2. The molecule has 0 bridgehead atoms. The second kappa shape index (κ2) is 12.0. The van der Waals surface area contributed by atoms with Crippen LogP contribution in [0.15, 0.2) is 42.5 Å². The Bertz CT molecular complexity index is 1050. The van der Waals surface area contributed by atoms with Crippen LogP contribution in [-0.2, 0) is 27.3 Å². The van der Waals surface area contributed by atoms with Crippen LogP contribution in [0.25, 0.3) is 0 Å². The summed E-state index contributed by atoms with van der Waals surface area (Å²) in [5.74, 6) is -0.378. The zero-order chi connectivity index (χ0) is 25.4. The molecule has 1 fully saturated rings. The average molecular weight is 501 g/mol. The van der Waals surface area contributed by atoms with Crippen LogP contribution in [-0.4, -0.2) is 49.0 Å². The number of rotatable bonds is 8. The SMILES string of the molecule is CCc1ccc(NC(=O)OCC2(C(=O)NCc3ccc(Cl)cc3C)CCN(C(=O)CN)CC2)cc1. The molecule has 3 rings (SSSR count). The standard InChI is InChI=1S/C26H33ClN4O4/c1-3-19-4-8-22(9-5-19)30-25(34)35-17-26(10-12-31(13-11-26)23(32)15-28)24(33)29-16-20-6-7-21(27)14-18(20)2/h4-9,14H,3,10-13,15-17,28H2,1-2H3,(H,29,33)(H,30,34). The summed E-state index contributed by atoms with van der Waals surface area (Å²) in [6.07, 6.45) is 1.00. The van der Waals surface area contributed by atoms with Gasteiger partial charge in [0.15, 0.2) is 0 Å². The van der Waals surface area contributed by atoms with Crippen molar-refractivity contribution in [2.45, 2.75) is 39.7 Å². The average Bonchev–Trinajstić information content (AvgIpc) is 2.87. The maximum Gasteiger partial charge on any atom is 0.411 e. The van der Waals surface area contributed by atoms with Crippen LogP contribution >= 0.6 is 11.6 Å². The van der Waals surface area contributed by atoms with Crippen LogP contribution in [0.3, 0.4) is 0 Å². The van der Waals surface area contributed by atoms with Crippen molar-refractivity contribution in [3.8, 4) is 0 Å². The van der Waals surface area contributed by atoms with Gasteiger partial charge in [0.25, 0.3) is 0 Å². The summed E-state index contributed by atoms with van der Waals surface area (Å²) in [7, 11) is 0. The lowest BCUT2D eigenvalue weighted by Crippen LogP contribution is -2.53. The molecule has 1 aliphatic rings. The first-order chi connectivity index (χ1) is 16.8. The van der Waals surface area contributed by atoms with E-state index in [4.69, 9.17) is 22.1 Å². The van der Waals surface area contributed by atoms with Gasteiger partial charge in [-0.1, -0.05) is 36.7 Å². The van der Waals surface area contributed by atoms with Crippen molar-refractivity contribution in [2.24, 2.45) is 11.1 Å². The number of anilines is 1. The van der Waals surface area contributed by atoms with Gasteiger partial charge in [-0.25, -0.2) is 4.79 Å². The lowest BCUT2D eigenvalue weighted by atomic mass is 9.78. The highest BCUT2D eigenvalue weighted by Gasteiger charge is 2.43. The fourth-order valence-electron chi connectivity index (χ4n) is 4.15. The van der Waals surface area contributed by atoms with E-state index in [0.717, 1.165) is 23.1 Å². The van der Waals surface area contributed by atoms with Gasteiger partial charge in [0.2, 0.25) is 11.8 Å². The molecule has 9 heteroatoms. The van der Waals surface area contributed by atoms with Gasteiger partial charge >= 0.3 is 6.09 Å². The third kappa shape index (κ3) is 6.96. The molecule has 0 spiro atoms. The molecule has 0 aromatic heterocycles. The monoisotopic (exact) mass is 500 g/mol. The summed E-state index contributed by atoms with van der Waals surface area (Å²) >= 11 is 6.04. The van der Waals surface area contributed by atoms with E-state index in [9.17, 15) is 14.4 Å². The maximum atomic E-state index is 13.4. The Morgan fingerprint density at radius 3 is 2.40 bits per heavy atom. The largest absolute Gasteiger partial charge is 0.448 e. The van der Waals surface area contributed by atoms with Gasteiger partial charge in [0.1, 0.15) is 6.61 Å². The Balaban J connectivity index is 1.66. The predicted octanol–water partition coefficient (Wildman–Crippen LogP) is 3.64. The molecule has 188 valence electrons. The number of carbonyl (C=O) groups is 3.